The number of hydrogen-bond donors (Lipinski definition) is 0. The third kappa shape index (κ3) is 4.67. The van der Waals surface area contributed by atoms with Crippen molar-refractivity contribution in [1.82, 2.24) is 4.90 Å². The van der Waals surface area contributed by atoms with Gasteiger partial charge in [-0.1, -0.05) is 32.4 Å². The van der Waals surface area contributed by atoms with Crippen LogP contribution in [0.15, 0.2) is 18.2 Å². The van der Waals surface area contributed by atoms with Gasteiger partial charge >= 0.3 is 0 Å². The van der Waals surface area contributed by atoms with E-state index in [4.69, 9.17) is 4.74 Å². The van der Waals surface area contributed by atoms with Crippen LogP contribution < -0.4 is 4.74 Å². The van der Waals surface area contributed by atoms with Crippen LogP contribution in [0.4, 0.5) is 0 Å². The first-order chi connectivity index (χ1) is 9.12. The molecule has 0 saturated heterocycles. The number of hydrogen-bond acceptors (Lipinski definition) is 3. The lowest BCUT2D eigenvalue weighted by atomic mass is 10.1. The first kappa shape index (κ1) is 15.7. The second-order valence-electron chi connectivity index (χ2n) is 4.73. The largest absolute Gasteiger partial charge is 0.493 e. The van der Waals surface area contributed by atoms with Crippen LogP contribution >= 0.6 is 0 Å². The number of nitrogens with zero attached hydrogens (tertiary/aromatic N) is 1. The summed E-state index contributed by atoms with van der Waals surface area (Å²) in [5.74, 6) is 0.850. The van der Waals surface area contributed by atoms with Crippen molar-refractivity contribution in [1.29, 1.82) is 0 Å². The van der Waals surface area contributed by atoms with E-state index in [1.807, 2.05) is 25.1 Å². The lowest BCUT2D eigenvalue weighted by Gasteiger charge is -2.18. The highest BCUT2D eigenvalue weighted by molar-refractivity contribution is 6.00. The molecule has 0 bridgehead atoms. The van der Waals surface area contributed by atoms with Crippen LogP contribution in [-0.4, -0.2) is 36.9 Å². The van der Waals surface area contributed by atoms with Gasteiger partial charge in [-0.15, -0.1) is 0 Å². The minimum absolute atomic E-state index is 0.138. The number of likely N-dealkylation sites (N-methyl/N-ethyl adjacent to an activating group) is 1. The molecule has 0 atom stereocenters. The molecule has 0 aliphatic carbocycles. The molecule has 3 nitrogen and oxygen atoms in total. The monoisotopic (exact) mass is 263 g/mol. The molecule has 0 fully saturated rings. The van der Waals surface area contributed by atoms with Crippen molar-refractivity contribution in [3.05, 3.63) is 29.3 Å². The van der Waals surface area contributed by atoms with Gasteiger partial charge in [-0.25, -0.2) is 0 Å². The fraction of sp³-hybridized carbons (Fsp3) is 0.562. The molecule has 0 heterocycles. The summed E-state index contributed by atoms with van der Waals surface area (Å²) in [4.78, 5) is 14.5. The average Bonchev–Trinajstić information content (AvgIpc) is 2.43. The molecule has 1 aromatic rings. The molecule has 0 amide bonds. The SMILES string of the molecule is CCCOc1ccc(C)cc1C(=O)CN(CC)CC. The number of Topliss-reactive ketones (excluding diaryl/α,β-unsaturated/α-hetero) is 1. The maximum atomic E-state index is 12.4. The van der Waals surface area contributed by atoms with E-state index in [0.29, 0.717) is 24.5 Å². The molecule has 0 radical (unpaired) electrons. The summed E-state index contributed by atoms with van der Waals surface area (Å²) in [6, 6.07) is 5.82. The van der Waals surface area contributed by atoms with Crippen LogP contribution in [0.3, 0.4) is 0 Å². The summed E-state index contributed by atoms with van der Waals surface area (Å²) in [5, 5.41) is 0. The third-order valence-electron chi connectivity index (χ3n) is 3.16. The summed E-state index contributed by atoms with van der Waals surface area (Å²) in [5.41, 5.74) is 1.80. The van der Waals surface area contributed by atoms with E-state index in [-0.39, 0.29) is 5.78 Å². The highest BCUT2D eigenvalue weighted by Gasteiger charge is 2.15. The molecule has 0 saturated carbocycles. The van der Waals surface area contributed by atoms with Gasteiger partial charge in [-0.05, 0) is 38.6 Å². The van der Waals surface area contributed by atoms with Gasteiger partial charge in [0, 0.05) is 0 Å². The van der Waals surface area contributed by atoms with Crippen LogP contribution in [0.2, 0.25) is 0 Å². The highest BCUT2D eigenvalue weighted by atomic mass is 16.5. The van der Waals surface area contributed by atoms with Crippen molar-refractivity contribution >= 4 is 5.78 Å². The smallest absolute Gasteiger partial charge is 0.180 e. The number of rotatable bonds is 8. The third-order valence-corrected chi connectivity index (χ3v) is 3.16. The summed E-state index contributed by atoms with van der Waals surface area (Å²) in [6.45, 7) is 11.1. The Morgan fingerprint density at radius 2 is 1.89 bits per heavy atom. The second-order valence-corrected chi connectivity index (χ2v) is 4.73. The Hall–Kier alpha value is -1.35. The molecular weight excluding hydrogens is 238 g/mol. The van der Waals surface area contributed by atoms with E-state index in [1.165, 1.54) is 0 Å². The number of carbonyl (C=O) groups is 1. The van der Waals surface area contributed by atoms with Crippen molar-refractivity contribution in [3.63, 3.8) is 0 Å². The van der Waals surface area contributed by atoms with Gasteiger partial charge in [0.05, 0.1) is 18.7 Å². The Morgan fingerprint density at radius 1 is 1.21 bits per heavy atom. The van der Waals surface area contributed by atoms with E-state index >= 15 is 0 Å². The lowest BCUT2D eigenvalue weighted by Crippen LogP contribution is -2.29. The molecule has 0 aromatic heterocycles. The predicted octanol–water partition coefficient (Wildman–Crippen LogP) is 3.31. The topological polar surface area (TPSA) is 29.5 Å². The zero-order chi connectivity index (χ0) is 14.3. The number of benzene rings is 1. The fourth-order valence-electron chi connectivity index (χ4n) is 1.94. The maximum Gasteiger partial charge on any atom is 0.180 e. The van der Waals surface area contributed by atoms with E-state index < -0.39 is 0 Å². The molecule has 0 unspecified atom stereocenters. The van der Waals surface area contributed by atoms with Crippen LogP contribution in [-0.2, 0) is 0 Å². The Kier molecular flexibility index (Phi) is 6.57. The Labute approximate surface area is 116 Å². The predicted molar refractivity (Wildman–Crippen MR) is 79.1 cm³/mol. The molecule has 1 rings (SSSR count). The van der Waals surface area contributed by atoms with Gasteiger partial charge in [0.1, 0.15) is 5.75 Å². The van der Waals surface area contributed by atoms with E-state index in [0.717, 1.165) is 25.1 Å². The minimum atomic E-state index is 0.138. The molecular formula is C16H25NO2. The molecule has 3 heteroatoms. The molecule has 106 valence electrons. The molecule has 0 aliphatic heterocycles. The van der Waals surface area contributed by atoms with Crippen molar-refractivity contribution in [3.8, 4) is 5.75 Å². The van der Waals surface area contributed by atoms with Gasteiger partial charge in [0.15, 0.2) is 5.78 Å². The summed E-state index contributed by atoms with van der Waals surface area (Å²) in [7, 11) is 0. The Bertz CT molecular complexity index is 411. The summed E-state index contributed by atoms with van der Waals surface area (Å²) < 4.78 is 5.67. The van der Waals surface area contributed by atoms with Crippen molar-refractivity contribution in [2.24, 2.45) is 0 Å². The number of ether oxygens (including phenoxy) is 1. The fourth-order valence-corrected chi connectivity index (χ4v) is 1.94. The Morgan fingerprint density at radius 3 is 2.47 bits per heavy atom. The number of aryl methyl sites for hydroxylation is 1. The first-order valence-electron chi connectivity index (χ1n) is 7.11. The number of carbonyl (C=O) groups excluding carboxylic acids is 1. The quantitative estimate of drug-likeness (QED) is 0.674. The van der Waals surface area contributed by atoms with Crippen molar-refractivity contribution < 1.29 is 9.53 Å². The molecule has 19 heavy (non-hydrogen) atoms. The molecule has 0 N–H and O–H groups in total. The molecule has 0 spiro atoms. The van der Waals surface area contributed by atoms with E-state index in [1.54, 1.807) is 0 Å². The van der Waals surface area contributed by atoms with Crippen LogP contribution in [0.1, 0.15) is 43.1 Å². The Balaban J connectivity index is 2.89. The van der Waals surface area contributed by atoms with Crippen LogP contribution in [0.5, 0.6) is 5.75 Å². The average molecular weight is 263 g/mol. The van der Waals surface area contributed by atoms with Crippen LogP contribution in [0, 0.1) is 6.92 Å². The number of ketones is 1. The zero-order valence-electron chi connectivity index (χ0n) is 12.5. The van der Waals surface area contributed by atoms with Gasteiger partial charge in [0.2, 0.25) is 0 Å². The van der Waals surface area contributed by atoms with Crippen molar-refractivity contribution in [2.45, 2.75) is 34.1 Å². The van der Waals surface area contributed by atoms with Gasteiger partial charge in [-0.3, -0.25) is 9.69 Å². The lowest BCUT2D eigenvalue weighted by molar-refractivity contribution is 0.0933. The normalized spacial score (nSPS) is 10.8. The minimum Gasteiger partial charge on any atom is -0.493 e. The summed E-state index contributed by atoms with van der Waals surface area (Å²) in [6.07, 6.45) is 0.942. The van der Waals surface area contributed by atoms with Gasteiger partial charge < -0.3 is 4.74 Å². The zero-order valence-corrected chi connectivity index (χ0v) is 12.5. The summed E-state index contributed by atoms with van der Waals surface area (Å²) >= 11 is 0. The first-order valence-corrected chi connectivity index (χ1v) is 7.11. The van der Waals surface area contributed by atoms with Gasteiger partial charge in [0.25, 0.3) is 0 Å². The standard InChI is InChI=1S/C16H25NO2/c1-5-10-19-16-9-8-13(4)11-14(16)15(18)12-17(6-2)7-3/h8-9,11H,5-7,10,12H2,1-4H3. The van der Waals surface area contributed by atoms with Crippen molar-refractivity contribution in [2.75, 3.05) is 26.2 Å². The van der Waals surface area contributed by atoms with E-state index in [9.17, 15) is 4.79 Å². The second kappa shape index (κ2) is 7.95. The van der Waals surface area contributed by atoms with Crippen LogP contribution in [0.25, 0.3) is 0 Å². The van der Waals surface area contributed by atoms with E-state index in [2.05, 4.69) is 25.7 Å². The maximum absolute atomic E-state index is 12.4. The molecule has 1 aromatic carbocycles. The molecule has 0 aliphatic rings. The highest BCUT2D eigenvalue weighted by Crippen LogP contribution is 2.21. The van der Waals surface area contributed by atoms with Gasteiger partial charge in [-0.2, -0.15) is 0 Å².